The van der Waals surface area contributed by atoms with E-state index < -0.39 is 0 Å². The van der Waals surface area contributed by atoms with Crippen molar-refractivity contribution in [1.29, 1.82) is 0 Å². The fourth-order valence-corrected chi connectivity index (χ4v) is 4.75. The van der Waals surface area contributed by atoms with Crippen molar-refractivity contribution in [3.05, 3.63) is 70.7 Å². The zero-order valence-electron chi connectivity index (χ0n) is 13.8. The molecule has 2 atom stereocenters. The summed E-state index contributed by atoms with van der Waals surface area (Å²) in [5.41, 5.74) is 6.90. The molecular formula is C22H20FN. The summed E-state index contributed by atoms with van der Waals surface area (Å²) in [6, 6.07) is 11.3. The van der Waals surface area contributed by atoms with Crippen LogP contribution in [-0.2, 0) is 7.05 Å². The Balaban J connectivity index is 1.66. The van der Waals surface area contributed by atoms with E-state index in [9.17, 15) is 4.39 Å². The lowest BCUT2D eigenvalue weighted by atomic mass is 9.88. The number of hydrogen-bond donors (Lipinski definition) is 0. The van der Waals surface area contributed by atoms with E-state index in [1.54, 1.807) is 11.1 Å². The molecule has 3 aromatic rings. The van der Waals surface area contributed by atoms with E-state index >= 15 is 0 Å². The summed E-state index contributed by atoms with van der Waals surface area (Å²) in [6.07, 6.45) is 10.5. The van der Waals surface area contributed by atoms with Gasteiger partial charge in [-0.05, 0) is 71.6 Å². The number of rotatable bonds is 2. The summed E-state index contributed by atoms with van der Waals surface area (Å²) >= 11 is 0. The van der Waals surface area contributed by atoms with E-state index in [1.165, 1.54) is 47.9 Å². The minimum Gasteiger partial charge on any atom is -0.350 e. The van der Waals surface area contributed by atoms with Crippen LogP contribution in [0.2, 0.25) is 0 Å². The highest BCUT2D eigenvalue weighted by molar-refractivity contribution is 5.95. The van der Waals surface area contributed by atoms with Crippen molar-refractivity contribution in [2.75, 3.05) is 0 Å². The predicted molar refractivity (Wildman–Crippen MR) is 97.6 cm³/mol. The van der Waals surface area contributed by atoms with Crippen molar-refractivity contribution < 1.29 is 4.39 Å². The molecule has 24 heavy (non-hydrogen) atoms. The van der Waals surface area contributed by atoms with E-state index in [2.05, 4.69) is 42.1 Å². The van der Waals surface area contributed by atoms with Gasteiger partial charge in [0.1, 0.15) is 5.82 Å². The van der Waals surface area contributed by atoms with E-state index in [0.717, 1.165) is 17.4 Å². The van der Waals surface area contributed by atoms with Crippen LogP contribution in [0.3, 0.4) is 0 Å². The summed E-state index contributed by atoms with van der Waals surface area (Å²) in [5, 5.41) is 1.34. The third-order valence-corrected chi connectivity index (χ3v) is 5.87. The van der Waals surface area contributed by atoms with Crippen molar-refractivity contribution >= 4 is 23.1 Å². The molecule has 1 nitrogen and oxygen atoms in total. The third-order valence-electron chi connectivity index (χ3n) is 5.87. The summed E-state index contributed by atoms with van der Waals surface area (Å²) < 4.78 is 15.4. The first-order chi connectivity index (χ1) is 11.7. The lowest BCUT2D eigenvalue weighted by Crippen LogP contribution is -2.02. The Morgan fingerprint density at radius 1 is 1.04 bits per heavy atom. The average Bonchev–Trinajstić information content (AvgIpc) is 3.29. The summed E-state index contributed by atoms with van der Waals surface area (Å²) in [6.45, 7) is 0. The van der Waals surface area contributed by atoms with Gasteiger partial charge in [0, 0.05) is 18.6 Å². The maximum atomic E-state index is 13.1. The maximum absolute atomic E-state index is 13.1. The Bertz CT molecular complexity index is 962. The van der Waals surface area contributed by atoms with Gasteiger partial charge < -0.3 is 4.57 Å². The molecule has 0 aliphatic heterocycles. The molecule has 2 aliphatic carbocycles. The molecule has 1 saturated carbocycles. The number of hydrogen-bond acceptors (Lipinski definition) is 0. The lowest BCUT2D eigenvalue weighted by molar-refractivity contribution is 0.628. The molecule has 0 N–H and O–H groups in total. The van der Waals surface area contributed by atoms with Crippen LogP contribution in [0, 0.1) is 5.82 Å². The van der Waals surface area contributed by atoms with Crippen LogP contribution in [0.1, 0.15) is 53.4 Å². The van der Waals surface area contributed by atoms with Crippen LogP contribution in [0.25, 0.3) is 23.1 Å². The van der Waals surface area contributed by atoms with Crippen LogP contribution in [0.5, 0.6) is 0 Å². The largest absolute Gasteiger partial charge is 0.350 e. The Labute approximate surface area is 141 Å². The van der Waals surface area contributed by atoms with E-state index in [1.807, 2.05) is 12.1 Å². The minimum absolute atomic E-state index is 0.189. The Morgan fingerprint density at radius 2 is 1.83 bits per heavy atom. The monoisotopic (exact) mass is 317 g/mol. The Morgan fingerprint density at radius 3 is 2.67 bits per heavy atom. The van der Waals surface area contributed by atoms with Crippen LogP contribution in [0.15, 0.2) is 42.6 Å². The number of fused-ring (bicyclic) bond motifs is 7. The molecule has 2 aliphatic rings. The second-order valence-electron chi connectivity index (χ2n) is 7.25. The Kier molecular flexibility index (Phi) is 2.97. The zero-order chi connectivity index (χ0) is 16.3. The zero-order valence-corrected chi connectivity index (χ0v) is 13.8. The van der Waals surface area contributed by atoms with Gasteiger partial charge in [0.15, 0.2) is 0 Å². The van der Waals surface area contributed by atoms with Gasteiger partial charge in [0.25, 0.3) is 0 Å². The topological polar surface area (TPSA) is 4.93 Å². The third kappa shape index (κ3) is 1.99. The fourth-order valence-electron chi connectivity index (χ4n) is 4.75. The summed E-state index contributed by atoms with van der Waals surface area (Å²) in [4.78, 5) is 0. The SMILES string of the molecule is Cn1ccc2c(C=Cc3ccc(F)cc3)cc3c(c21)C1CCC3C1. The van der Waals surface area contributed by atoms with Crippen molar-refractivity contribution in [2.45, 2.75) is 31.1 Å². The van der Waals surface area contributed by atoms with Crippen LogP contribution < -0.4 is 0 Å². The van der Waals surface area contributed by atoms with Gasteiger partial charge in [0.05, 0.1) is 5.52 Å². The summed E-state index contributed by atoms with van der Waals surface area (Å²) in [5.74, 6) is 1.32. The van der Waals surface area contributed by atoms with Gasteiger partial charge in [-0.3, -0.25) is 0 Å². The number of aromatic nitrogens is 1. The van der Waals surface area contributed by atoms with Crippen LogP contribution in [-0.4, -0.2) is 4.57 Å². The van der Waals surface area contributed by atoms with E-state index in [0.29, 0.717) is 0 Å². The molecule has 2 aromatic carbocycles. The number of aryl methyl sites for hydroxylation is 1. The second-order valence-corrected chi connectivity index (χ2v) is 7.25. The standard InChI is InChI=1S/C22H20FN/c1-24-11-10-19-16(5-2-14-3-8-18(23)9-4-14)13-20-15-6-7-17(12-15)21(20)22(19)24/h2-5,8-11,13,15,17H,6-7,12H2,1H3. The van der Waals surface area contributed by atoms with Gasteiger partial charge in [-0.15, -0.1) is 0 Å². The molecule has 1 aromatic heterocycles. The van der Waals surface area contributed by atoms with Crippen LogP contribution >= 0.6 is 0 Å². The highest BCUT2D eigenvalue weighted by Gasteiger charge is 2.38. The van der Waals surface area contributed by atoms with Gasteiger partial charge >= 0.3 is 0 Å². The maximum Gasteiger partial charge on any atom is 0.123 e. The predicted octanol–water partition coefficient (Wildman–Crippen LogP) is 5.85. The minimum atomic E-state index is -0.189. The molecule has 5 rings (SSSR count). The van der Waals surface area contributed by atoms with Gasteiger partial charge in [-0.1, -0.05) is 30.4 Å². The molecule has 2 heteroatoms. The molecule has 2 bridgehead atoms. The smallest absolute Gasteiger partial charge is 0.123 e. The highest BCUT2D eigenvalue weighted by Crippen LogP contribution is 2.55. The molecule has 1 fully saturated rings. The van der Waals surface area contributed by atoms with E-state index in [-0.39, 0.29) is 5.82 Å². The molecule has 120 valence electrons. The lowest BCUT2D eigenvalue weighted by Gasteiger charge is -2.18. The molecule has 0 spiro atoms. The quantitative estimate of drug-likeness (QED) is 0.522. The van der Waals surface area contributed by atoms with Crippen molar-refractivity contribution in [3.63, 3.8) is 0 Å². The molecular weight excluding hydrogens is 297 g/mol. The number of halogens is 1. The first-order valence-corrected chi connectivity index (χ1v) is 8.76. The Hall–Kier alpha value is -2.35. The second kappa shape index (κ2) is 5.07. The molecule has 0 amide bonds. The van der Waals surface area contributed by atoms with Crippen molar-refractivity contribution in [1.82, 2.24) is 4.57 Å². The van der Waals surface area contributed by atoms with E-state index in [4.69, 9.17) is 0 Å². The molecule has 0 radical (unpaired) electrons. The number of nitrogens with zero attached hydrogens (tertiary/aromatic N) is 1. The number of benzene rings is 2. The normalized spacial score (nSPS) is 21.9. The average molecular weight is 317 g/mol. The van der Waals surface area contributed by atoms with Crippen molar-refractivity contribution in [3.8, 4) is 0 Å². The molecule has 0 saturated heterocycles. The fraction of sp³-hybridized carbons (Fsp3) is 0.273. The first-order valence-electron chi connectivity index (χ1n) is 8.76. The highest BCUT2D eigenvalue weighted by atomic mass is 19.1. The first kappa shape index (κ1) is 14.0. The van der Waals surface area contributed by atoms with Gasteiger partial charge in [-0.2, -0.15) is 0 Å². The van der Waals surface area contributed by atoms with Gasteiger partial charge in [0.2, 0.25) is 0 Å². The molecule has 1 heterocycles. The molecule has 2 unspecified atom stereocenters. The van der Waals surface area contributed by atoms with Crippen molar-refractivity contribution in [2.24, 2.45) is 7.05 Å². The van der Waals surface area contributed by atoms with Crippen LogP contribution in [0.4, 0.5) is 4.39 Å². The van der Waals surface area contributed by atoms with Gasteiger partial charge in [-0.25, -0.2) is 4.39 Å². The summed E-state index contributed by atoms with van der Waals surface area (Å²) in [7, 11) is 2.15.